The molecule has 3 heterocycles. The van der Waals surface area contributed by atoms with Crippen LogP contribution < -0.4 is 11.3 Å². The van der Waals surface area contributed by atoms with E-state index in [1.165, 1.54) is 16.6 Å². The van der Waals surface area contributed by atoms with Crippen LogP contribution in [0, 0.1) is 0 Å². The van der Waals surface area contributed by atoms with Crippen molar-refractivity contribution in [3.8, 4) is 0 Å². The average Bonchev–Trinajstić information content (AvgIpc) is 2.94. The molecule has 8 nitrogen and oxygen atoms in total. The predicted octanol–water partition coefficient (Wildman–Crippen LogP) is -0.232. The maximum absolute atomic E-state index is 12.7. The molecule has 0 radical (unpaired) electrons. The average molecular weight is 294 g/mol. The zero-order valence-corrected chi connectivity index (χ0v) is 11.4. The molecule has 0 bridgehead atoms. The van der Waals surface area contributed by atoms with Crippen LogP contribution in [0.15, 0.2) is 35.6 Å². The Morgan fingerprint density at radius 3 is 2.90 bits per heavy atom. The third-order valence-electron chi connectivity index (χ3n) is 3.24. The number of nitrogens with one attached hydrogen (secondary N) is 1. The molecular formula is C11H14N6O2S. The van der Waals surface area contributed by atoms with Gasteiger partial charge < -0.3 is 9.99 Å². The first-order valence-electron chi connectivity index (χ1n) is 6.05. The Hall–Kier alpha value is -1.97. The van der Waals surface area contributed by atoms with Gasteiger partial charge >= 0.3 is 0 Å². The maximum Gasteiger partial charge on any atom is 0.247 e. The van der Waals surface area contributed by atoms with E-state index in [2.05, 4.69) is 15.4 Å². The van der Waals surface area contributed by atoms with Crippen LogP contribution in [0.3, 0.4) is 0 Å². The van der Waals surface area contributed by atoms with Crippen molar-refractivity contribution >= 4 is 15.8 Å². The van der Waals surface area contributed by atoms with Crippen LogP contribution >= 0.6 is 0 Å². The molecule has 3 N–H and O–H groups in total. The number of rotatable bonds is 3. The zero-order chi connectivity index (χ0) is 14.2. The van der Waals surface area contributed by atoms with Crippen molar-refractivity contribution in [2.75, 3.05) is 12.0 Å². The van der Waals surface area contributed by atoms with Gasteiger partial charge in [0, 0.05) is 31.7 Å². The fraction of sp³-hybridized carbons (Fsp3) is 0.273. The smallest absolute Gasteiger partial charge is 0.247 e. The molecule has 1 aliphatic rings. The van der Waals surface area contributed by atoms with Crippen LogP contribution in [-0.4, -0.2) is 33.8 Å². The monoisotopic (exact) mass is 294 g/mol. The van der Waals surface area contributed by atoms with Crippen LogP contribution in [0.5, 0.6) is 0 Å². The third kappa shape index (κ3) is 2.05. The standard InChI is InChI=1S/C11H14N6O2S/c12-15-11-9(2-1-3-14-11)20(18,19)17-7-6-16-5-4-13-10(16)8-17/h1-5H,6-8,12H2,(H,14,15). The highest BCUT2D eigenvalue weighted by molar-refractivity contribution is 7.89. The molecule has 0 unspecified atom stereocenters. The van der Waals surface area contributed by atoms with E-state index in [-0.39, 0.29) is 17.3 Å². The lowest BCUT2D eigenvalue weighted by atomic mass is 10.4. The Kier molecular flexibility index (Phi) is 3.16. The quantitative estimate of drug-likeness (QED) is 0.598. The third-order valence-corrected chi connectivity index (χ3v) is 5.11. The summed E-state index contributed by atoms with van der Waals surface area (Å²) < 4.78 is 28.6. The number of nitrogen functional groups attached to an aromatic ring is 1. The van der Waals surface area contributed by atoms with Crippen molar-refractivity contribution in [1.82, 2.24) is 18.8 Å². The van der Waals surface area contributed by atoms with Crippen LogP contribution in [0.2, 0.25) is 0 Å². The second-order valence-electron chi connectivity index (χ2n) is 4.37. The largest absolute Gasteiger partial charge is 0.333 e. The van der Waals surface area contributed by atoms with Crippen LogP contribution in [-0.2, 0) is 23.1 Å². The number of nitrogens with zero attached hydrogens (tertiary/aromatic N) is 4. The zero-order valence-electron chi connectivity index (χ0n) is 10.6. The molecule has 0 saturated heterocycles. The minimum Gasteiger partial charge on any atom is -0.333 e. The number of sulfonamides is 1. The normalized spacial score (nSPS) is 15.8. The summed E-state index contributed by atoms with van der Waals surface area (Å²) in [5.41, 5.74) is 2.32. The second-order valence-corrected chi connectivity index (χ2v) is 6.28. The van der Waals surface area contributed by atoms with Gasteiger partial charge in [0.15, 0.2) is 5.82 Å². The van der Waals surface area contributed by atoms with Crippen molar-refractivity contribution in [3.05, 3.63) is 36.5 Å². The molecular weight excluding hydrogens is 280 g/mol. The summed E-state index contributed by atoms with van der Waals surface area (Å²) in [4.78, 5) is 8.16. The van der Waals surface area contributed by atoms with Crippen LogP contribution in [0.4, 0.5) is 5.82 Å². The molecule has 0 aromatic carbocycles. The van der Waals surface area contributed by atoms with Gasteiger partial charge in [-0.05, 0) is 12.1 Å². The molecule has 20 heavy (non-hydrogen) atoms. The summed E-state index contributed by atoms with van der Waals surface area (Å²) in [5.74, 6) is 6.19. The highest BCUT2D eigenvalue weighted by atomic mass is 32.2. The van der Waals surface area contributed by atoms with Crippen molar-refractivity contribution in [3.63, 3.8) is 0 Å². The first-order valence-corrected chi connectivity index (χ1v) is 7.49. The molecule has 0 saturated carbocycles. The number of imidazole rings is 1. The van der Waals surface area contributed by atoms with Gasteiger partial charge in [-0.25, -0.2) is 24.2 Å². The number of hydrazine groups is 1. The number of hydrogen-bond donors (Lipinski definition) is 2. The number of nitrogens with two attached hydrogens (primary N) is 1. The lowest BCUT2D eigenvalue weighted by Crippen LogP contribution is -2.38. The highest BCUT2D eigenvalue weighted by Crippen LogP contribution is 2.24. The fourth-order valence-electron chi connectivity index (χ4n) is 2.20. The van der Waals surface area contributed by atoms with E-state index in [4.69, 9.17) is 5.84 Å². The van der Waals surface area contributed by atoms with E-state index in [0.717, 1.165) is 5.82 Å². The van der Waals surface area contributed by atoms with E-state index >= 15 is 0 Å². The van der Waals surface area contributed by atoms with Crippen molar-refractivity contribution in [2.45, 2.75) is 18.0 Å². The van der Waals surface area contributed by atoms with Crippen molar-refractivity contribution in [2.24, 2.45) is 5.84 Å². The molecule has 1 aliphatic heterocycles. The first-order chi connectivity index (χ1) is 9.63. The van der Waals surface area contributed by atoms with Gasteiger partial charge in [-0.15, -0.1) is 0 Å². The van der Waals surface area contributed by atoms with Gasteiger partial charge in [-0.2, -0.15) is 4.31 Å². The SMILES string of the molecule is NNc1ncccc1S(=O)(=O)N1CCn2ccnc2C1. The number of anilines is 1. The lowest BCUT2D eigenvalue weighted by molar-refractivity contribution is 0.335. The first kappa shape index (κ1) is 13.0. The molecule has 0 aliphatic carbocycles. The number of aromatic nitrogens is 3. The number of fused-ring (bicyclic) bond motifs is 1. The Labute approximate surface area is 116 Å². The van der Waals surface area contributed by atoms with Gasteiger partial charge in [0.1, 0.15) is 10.7 Å². The highest BCUT2D eigenvalue weighted by Gasteiger charge is 2.30. The Morgan fingerprint density at radius 1 is 1.25 bits per heavy atom. The molecule has 2 aromatic heterocycles. The van der Waals surface area contributed by atoms with E-state index < -0.39 is 10.0 Å². The summed E-state index contributed by atoms with van der Waals surface area (Å²) in [5, 5.41) is 0. The number of pyridine rings is 1. The van der Waals surface area contributed by atoms with Gasteiger partial charge in [-0.1, -0.05) is 0 Å². The predicted molar refractivity (Wildman–Crippen MR) is 71.9 cm³/mol. The van der Waals surface area contributed by atoms with Crippen LogP contribution in [0.1, 0.15) is 5.82 Å². The van der Waals surface area contributed by atoms with Crippen LogP contribution in [0.25, 0.3) is 0 Å². The van der Waals surface area contributed by atoms with Gasteiger partial charge in [-0.3, -0.25) is 0 Å². The minimum atomic E-state index is -3.65. The summed E-state index contributed by atoms with van der Waals surface area (Å²) in [6.07, 6.45) is 5.00. The van der Waals surface area contributed by atoms with Gasteiger partial charge in [0.2, 0.25) is 10.0 Å². The summed E-state index contributed by atoms with van der Waals surface area (Å²) in [6, 6.07) is 3.05. The second kappa shape index (κ2) is 4.85. The van der Waals surface area contributed by atoms with E-state index in [0.29, 0.717) is 13.1 Å². The fourth-order valence-corrected chi connectivity index (χ4v) is 3.69. The maximum atomic E-state index is 12.7. The Balaban J connectivity index is 1.97. The molecule has 0 fully saturated rings. The summed E-state index contributed by atoms with van der Waals surface area (Å²) >= 11 is 0. The summed E-state index contributed by atoms with van der Waals surface area (Å²) in [6.45, 7) is 1.22. The molecule has 0 amide bonds. The van der Waals surface area contributed by atoms with E-state index in [9.17, 15) is 8.42 Å². The lowest BCUT2D eigenvalue weighted by Gasteiger charge is -2.27. The molecule has 0 atom stereocenters. The molecule has 2 aromatic rings. The van der Waals surface area contributed by atoms with E-state index in [1.807, 2.05) is 10.8 Å². The molecule has 106 valence electrons. The topological polar surface area (TPSA) is 106 Å². The van der Waals surface area contributed by atoms with E-state index in [1.54, 1.807) is 12.3 Å². The molecule has 0 spiro atoms. The minimum absolute atomic E-state index is 0.0718. The number of hydrogen-bond acceptors (Lipinski definition) is 6. The molecule has 9 heteroatoms. The Bertz CT molecular complexity index is 726. The molecule has 3 rings (SSSR count). The summed E-state index contributed by atoms with van der Waals surface area (Å²) in [7, 11) is -3.65. The van der Waals surface area contributed by atoms with Crippen molar-refractivity contribution < 1.29 is 8.42 Å². The Morgan fingerprint density at radius 2 is 2.10 bits per heavy atom. The van der Waals surface area contributed by atoms with Crippen molar-refractivity contribution in [1.29, 1.82) is 0 Å². The van der Waals surface area contributed by atoms with Gasteiger partial charge in [0.25, 0.3) is 0 Å². The van der Waals surface area contributed by atoms with Gasteiger partial charge in [0.05, 0.1) is 6.54 Å².